The van der Waals surface area contributed by atoms with E-state index < -0.39 is 4.08 Å². The van der Waals surface area contributed by atoms with E-state index in [9.17, 15) is 0 Å². The predicted molar refractivity (Wildman–Crippen MR) is 101 cm³/mol. The van der Waals surface area contributed by atoms with Gasteiger partial charge in [-0.2, -0.15) is 25.3 Å². The molecule has 2 rings (SSSR count). The topological polar surface area (TPSA) is 3.24 Å². The van der Waals surface area contributed by atoms with Crippen molar-refractivity contribution in [1.82, 2.24) is 4.90 Å². The summed E-state index contributed by atoms with van der Waals surface area (Å²) < 4.78 is -0.612. The number of hydrogen-bond donors (Lipinski definition) is 2. The van der Waals surface area contributed by atoms with E-state index in [4.69, 9.17) is 12.2 Å². The van der Waals surface area contributed by atoms with Gasteiger partial charge in [0.15, 0.2) is 0 Å². The number of rotatable bonds is 5. The van der Waals surface area contributed by atoms with E-state index in [0.717, 1.165) is 18.1 Å². The van der Waals surface area contributed by atoms with Crippen molar-refractivity contribution < 1.29 is 0 Å². The lowest BCUT2D eigenvalue weighted by atomic mass is 10.1. The van der Waals surface area contributed by atoms with Crippen molar-refractivity contribution in [1.29, 1.82) is 0 Å². The van der Waals surface area contributed by atoms with Crippen LogP contribution < -0.4 is 0 Å². The van der Waals surface area contributed by atoms with Gasteiger partial charge in [-0.05, 0) is 18.1 Å². The second-order valence-corrected chi connectivity index (χ2v) is 7.68. The Balaban J connectivity index is 2.20. The molecule has 0 amide bonds. The van der Waals surface area contributed by atoms with Gasteiger partial charge in [-0.1, -0.05) is 72.9 Å². The lowest BCUT2D eigenvalue weighted by Gasteiger charge is -2.31. The van der Waals surface area contributed by atoms with Gasteiger partial charge < -0.3 is 4.90 Å². The van der Waals surface area contributed by atoms with Crippen LogP contribution in [-0.2, 0) is 13.1 Å². The summed E-state index contributed by atoms with van der Waals surface area (Å²) >= 11 is 14.6. The quantitative estimate of drug-likeness (QED) is 0.468. The van der Waals surface area contributed by atoms with E-state index in [2.05, 4.69) is 54.4 Å². The molecule has 110 valence electrons. The Labute approximate surface area is 143 Å². The van der Waals surface area contributed by atoms with E-state index in [1.165, 1.54) is 11.1 Å². The SMILES string of the molecule is CC(S)(S)C(=S)N(Cc1ccccc1)Cc1ccccc1. The van der Waals surface area contributed by atoms with Crippen molar-refractivity contribution in [3.63, 3.8) is 0 Å². The zero-order valence-electron chi connectivity index (χ0n) is 11.9. The van der Waals surface area contributed by atoms with Crippen LogP contribution in [-0.4, -0.2) is 14.0 Å². The molecule has 0 bridgehead atoms. The van der Waals surface area contributed by atoms with Gasteiger partial charge in [-0.25, -0.2) is 0 Å². The summed E-state index contributed by atoms with van der Waals surface area (Å²) in [4.78, 5) is 2.89. The fraction of sp³-hybridized carbons (Fsp3) is 0.235. The van der Waals surface area contributed by atoms with Crippen LogP contribution in [0, 0.1) is 0 Å². The minimum absolute atomic E-state index is 0.612. The first-order valence-corrected chi connectivity index (χ1v) is 8.09. The average Bonchev–Trinajstić information content (AvgIpc) is 2.47. The molecule has 2 aromatic rings. The van der Waals surface area contributed by atoms with E-state index in [-0.39, 0.29) is 0 Å². The highest BCUT2D eigenvalue weighted by atomic mass is 32.2. The molecule has 0 fully saturated rings. The predicted octanol–water partition coefficient (Wildman–Crippen LogP) is 4.59. The molecule has 0 N–H and O–H groups in total. The van der Waals surface area contributed by atoms with Gasteiger partial charge in [0.05, 0.1) is 0 Å². The zero-order valence-corrected chi connectivity index (χ0v) is 14.5. The molecule has 4 heteroatoms. The number of nitrogens with zero attached hydrogens (tertiary/aromatic N) is 1. The smallest absolute Gasteiger partial charge is 0.104 e. The first kappa shape index (κ1) is 16.4. The Morgan fingerprint density at radius 1 is 0.905 bits per heavy atom. The number of benzene rings is 2. The van der Waals surface area contributed by atoms with E-state index in [0.29, 0.717) is 0 Å². The molecule has 0 radical (unpaired) electrons. The average molecular weight is 334 g/mol. The van der Waals surface area contributed by atoms with E-state index in [1.54, 1.807) is 0 Å². The number of hydrogen-bond acceptors (Lipinski definition) is 3. The molecule has 0 unspecified atom stereocenters. The number of thiol groups is 2. The van der Waals surface area contributed by atoms with Crippen molar-refractivity contribution in [2.45, 2.75) is 24.1 Å². The molecule has 1 nitrogen and oxygen atoms in total. The maximum absolute atomic E-state index is 5.58. The van der Waals surface area contributed by atoms with Crippen molar-refractivity contribution >= 4 is 42.5 Å². The Bertz CT molecular complexity index is 534. The monoisotopic (exact) mass is 333 g/mol. The molecule has 2 aromatic carbocycles. The van der Waals surface area contributed by atoms with Gasteiger partial charge in [0.25, 0.3) is 0 Å². The van der Waals surface area contributed by atoms with Crippen LogP contribution in [0.15, 0.2) is 60.7 Å². The lowest BCUT2D eigenvalue weighted by molar-refractivity contribution is 0.406. The molecule has 0 atom stereocenters. The highest BCUT2D eigenvalue weighted by molar-refractivity contribution is 8.03. The molecule has 0 aliphatic heterocycles. The Hall–Kier alpha value is -0.970. The van der Waals surface area contributed by atoms with Gasteiger partial charge >= 0.3 is 0 Å². The van der Waals surface area contributed by atoms with E-state index >= 15 is 0 Å². The summed E-state index contributed by atoms with van der Waals surface area (Å²) in [5.41, 5.74) is 2.45. The fourth-order valence-electron chi connectivity index (χ4n) is 2.11. The third-order valence-electron chi connectivity index (χ3n) is 3.12. The summed E-state index contributed by atoms with van der Waals surface area (Å²) in [5, 5.41) is 0. The summed E-state index contributed by atoms with van der Waals surface area (Å²) in [7, 11) is 0. The zero-order chi connectivity index (χ0) is 15.3. The maximum Gasteiger partial charge on any atom is 0.104 e. The molecular formula is C17H19NS3. The van der Waals surface area contributed by atoms with Gasteiger partial charge in [0.2, 0.25) is 0 Å². The Morgan fingerprint density at radius 3 is 1.62 bits per heavy atom. The molecule has 21 heavy (non-hydrogen) atoms. The molecule has 0 saturated heterocycles. The summed E-state index contributed by atoms with van der Waals surface area (Å²) in [6.07, 6.45) is 0. The van der Waals surface area contributed by atoms with Crippen LogP contribution in [0.5, 0.6) is 0 Å². The highest BCUT2D eigenvalue weighted by Crippen LogP contribution is 2.25. The van der Waals surface area contributed by atoms with Crippen LogP contribution in [0.25, 0.3) is 0 Å². The molecule has 0 aliphatic carbocycles. The van der Waals surface area contributed by atoms with Gasteiger partial charge in [-0.15, -0.1) is 0 Å². The standard InChI is InChI=1S/C17H19NS3/c1-17(20,21)16(19)18(12-14-8-4-2-5-9-14)13-15-10-6-3-7-11-15/h2-11,20-21H,12-13H2,1H3. The maximum atomic E-state index is 5.58. The van der Waals surface area contributed by atoms with Gasteiger partial charge in [-0.3, -0.25) is 0 Å². The lowest BCUT2D eigenvalue weighted by Crippen LogP contribution is -2.38. The van der Waals surface area contributed by atoms with Crippen LogP contribution in [0.4, 0.5) is 0 Å². The van der Waals surface area contributed by atoms with Crippen molar-refractivity contribution in [2.75, 3.05) is 0 Å². The van der Waals surface area contributed by atoms with Crippen LogP contribution in [0.1, 0.15) is 18.1 Å². The van der Waals surface area contributed by atoms with Crippen molar-refractivity contribution in [3.05, 3.63) is 71.8 Å². The molecule has 0 spiro atoms. The second-order valence-electron chi connectivity index (χ2n) is 5.15. The second kappa shape index (κ2) is 7.34. The minimum Gasteiger partial charge on any atom is -0.356 e. The Kier molecular flexibility index (Phi) is 5.73. The van der Waals surface area contributed by atoms with Crippen LogP contribution in [0.2, 0.25) is 0 Å². The summed E-state index contributed by atoms with van der Waals surface area (Å²) in [6.45, 7) is 3.42. The molecule has 0 aromatic heterocycles. The minimum atomic E-state index is -0.612. The van der Waals surface area contributed by atoms with Crippen molar-refractivity contribution in [3.8, 4) is 0 Å². The molecule has 0 aliphatic rings. The normalized spacial score (nSPS) is 11.2. The molecular weight excluding hydrogens is 314 g/mol. The van der Waals surface area contributed by atoms with Crippen molar-refractivity contribution in [2.24, 2.45) is 0 Å². The molecule has 0 heterocycles. The highest BCUT2D eigenvalue weighted by Gasteiger charge is 2.25. The fourth-order valence-corrected chi connectivity index (χ4v) is 2.52. The third kappa shape index (κ3) is 5.06. The van der Waals surface area contributed by atoms with Gasteiger partial charge in [0.1, 0.15) is 9.07 Å². The first-order chi connectivity index (χ1) is 9.97. The van der Waals surface area contributed by atoms with E-state index in [1.807, 2.05) is 43.3 Å². The van der Waals surface area contributed by atoms with Gasteiger partial charge in [0, 0.05) is 13.1 Å². The first-order valence-electron chi connectivity index (χ1n) is 6.79. The largest absolute Gasteiger partial charge is 0.356 e. The Morgan fingerprint density at radius 2 is 1.29 bits per heavy atom. The molecule has 0 saturated carbocycles. The third-order valence-corrected chi connectivity index (χ3v) is 4.52. The van der Waals surface area contributed by atoms with Crippen LogP contribution >= 0.6 is 37.5 Å². The summed E-state index contributed by atoms with van der Waals surface area (Å²) in [5.74, 6) is 0. The van der Waals surface area contributed by atoms with Crippen LogP contribution in [0.3, 0.4) is 0 Å². The summed E-state index contributed by atoms with van der Waals surface area (Å²) in [6, 6.07) is 20.6. The number of thiocarbonyl (C=S) groups is 1.